The molecule has 23 heavy (non-hydrogen) atoms. The van der Waals surface area contributed by atoms with Gasteiger partial charge in [0.05, 0.1) is 0 Å². The number of likely N-dealkylation sites (N-methyl/N-ethyl adjacent to an activating group) is 1. The van der Waals surface area contributed by atoms with Gasteiger partial charge >= 0.3 is 0 Å². The largest absolute Gasteiger partial charge is 0.336 e. The van der Waals surface area contributed by atoms with E-state index in [4.69, 9.17) is 0 Å². The normalized spacial score (nSPS) is 18.8. The van der Waals surface area contributed by atoms with Crippen molar-refractivity contribution in [3.63, 3.8) is 0 Å². The Hall–Kier alpha value is -2.14. The highest BCUT2D eigenvalue weighted by molar-refractivity contribution is 6.00. The highest BCUT2D eigenvalue weighted by Gasteiger charge is 2.29. The molecule has 0 bridgehead atoms. The molecule has 124 valence electrons. The van der Waals surface area contributed by atoms with Gasteiger partial charge in [-0.05, 0) is 37.2 Å². The second-order valence-electron chi connectivity index (χ2n) is 6.32. The van der Waals surface area contributed by atoms with E-state index in [1.807, 2.05) is 4.90 Å². The van der Waals surface area contributed by atoms with Crippen molar-refractivity contribution in [2.75, 3.05) is 32.0 Å². The second kappa shape index (κ2) is 7.42. The van der Waals surface area contributed by atoms with E-state index in [1.165, 1.54) is 6.08 Å². The minimum Gasteiger partial charge on any atom is -0.336 e. The third kappa shape index (κ3) is 4.20. The Bertz CT molecular complexity index is 598. The summed E-state index contributed by atoms with van der Waals surface area (Å²) < 4.78 is 0. The summed E-state index contributed by atoms with van der Waals surface area (Å²) in [6.45, 7) is 10.1. The van der Waals surface area contributed by atoms with Crippen LogP contribution in [-0.4, -0.2) is 54.3 Å². The van der Waals surface area contributed by atoms with Crippen LogP contribution >= 0.6 is 0 Å². The van der Waals surface area contributed by atoms with Crippen molar-refractivity contribution >= 4 is 17.5 Å². The van der Waals surface area contributed by atoms with Gasteiger partial charge in [0.25, 0.3) is 5.91 Å². The van der Waals surface area contributed by atoms with Gasteiger partial charge in [-0.2, -0.15) is 0 Å². The lowest BCUT2D eigenvalue weighted by atomic mass is 9.99. The summed E-state index contributed by atoms with van der Waals surface area (Å²) in [5.74, 6) is 0.223. The number of rotatable bonds is 4. The van der Waals surface area contributed by atoms with Crippen LogP contribution in [0.1, 0.15) is 24.2 Å². The monoisotopic (exact) mass is 315 g/mol. The average molecular weight is 315 g/mol. The highest BCUT2D eigenvalue weighted by Crippen LogP contribution is 2.19. The Balaban J connectivity index is 2.12. The Morgan fingerprint density at radius 1 is 1.35 bits per heavy atom. The number of carbonyl (C=O) groups is 2. The van der Waals surface area contributed by atoms with E-state index >= 15 is 0 Å². The Kier molecular flexibility index (Phi) is 5.55. The number of hydrogen-bond donors (Lipinski definition) is 1. The molecule has 1 aliphatic rings. The van der Waals surface area contributed by atoms with E-state index in [1.54, 1.807) is 24.3 Å². The lowest BCUT2D eigenvalue weighted by molar-refractivity contribution is -0.111. The van der Waals surface area contributed by atoms with E-state index in [9.17, 15) is 9.59 Å². The summed E-state index contributed by atoms with van der Waals surface area (Å²) in [6.07, 6.45) is 1.21. The molecular formula is C18H25N3O2. The molecule has 1 N–H and O–H groups in total. The molecule has 0 aromatic heterocycles. The zero-order valence-corrected chi connectivity index (χ0v) is 14.1. The first-order valence-corrected chi connectivity index (χ1v) is 7.95. The number of hydrogen-bond acceptors (Lipinski definition) is 3. The molecular weight excluding hydrogens is 290 g/mol. The van der Waals surface area contributed by atoms with Crippen LogP contribution in [-0.2, 0) is 4.79 Å². The predicted octanol–water partition coefficient (Wildman–Crippen LogP) is 2.22. The molecule has 1 atom stereocenters. The minimum atomic E-state index is -0.283. The summed E-state index contributed by atoms with van der Waals surface area (Å²) in [5.41, 5.74) is 1.20. The molecule has 1 aromatic rings. The molecule has 5 nitrogen and oxygen atoms in total. The molecule has 1 saturated heterocycles. The van der Waals surface area contributed by atoms with Crippen LogP contribution in [0.15, 0.2) is 36.9 Å². The van der Waals surface area contributed by atoms with Crippen LogP contribution in [0, 0.1) is 5.92 Å². The van der Waals surface area contributed by atoms with Crippen LogP contribution in [0.25, 0.3) is 0 Å². The topological polar surface area (TPSA) is 52.7 Å². The highest BCUT2D eigenvalue weighted by atomic mass is 16.2. The van der Waals surface area contributed by atoms with Gasteiger partial charge in [0.15, 0.2) is 0 Å². The van der Waals surface area contributed by atoms with E-state index in [0.29, 0.717) is 23.2 Å². The van der Waals surface area contributed by atoms with Gasteiger partial charge in [0.1, 0.15) is 0 Å². The Morgan fingerprint density at radius 2 is 2.09 bits per heavy atom. The summed E-state index contributed by atoms with van der Waals surface area (Å²) in [7, 11) is 2.11. The van der Waals surface area contributed by atoms with Crippen LogP contribution in [0.5, 0.6) is 0 Å². The first-order valence-electron chi connectivity index (χ1n) is 7.95. The molecule has 0 aliphatic carbocycles. The number of carbonyl (C=O) groups excluding carboxylic acids is 2. The average Bonchev–Trinajstić information content (AvgIpc) is 2.54. The smallest absolute Gasteiger partial charge is 0.254 e. The van der Waals surface area contributed by atoms with Gasteiger partial charge in [-0.1, -0.05) is 26.5 Å². The van der Waals surface area contributed by atoms with E-state index in [-0.39, 0.29) is 11.8 Å². The predicted molar refractivity (Wildman–Crippen MR) is 92.4 cm³/mol. The summed E-state index contributed by atoms with van der Waals surface area (Å²) >= 11 is 0. The molecule has 5 heteroatoms. The standard InChI is InChI=1S/C18H25N3O2/c1-5-17(22)19-15-8-6-7-14(11-15)18(23)21-10-9-20(4)16(12-21)13(2)3/h5-8,11,13,16H,1,9-10,12H2,2-4H3,(H,19,22)/t16-/m1/s1. The summed E-state index contributed by atoms with van der Waals surface area (Å²) in [4.78, 5) is 28.4. The molecule has 1 fully saturated rings. The molecule has 1 aliphatic heterocycles. The van der Waals surface area contributed by atoms with Crippen molar-refractivity contribution in [3.05, 3.63) is 42.5 Å². The molecule has 1 heterocycles. The van der Waals surface area contributed by atoms with Gasteiger partial charge in [-0.3, -0.25) is 14.5 Å². The van der Waals surface area contributed by atoms with Crippen LogP contribution in [0.3, 0.4) is 0 Å². The van der Waals surface area contributed by atoms with Crippen molar-refractivity contribution in [3.8, 4) is 0 Å². The Labute approximate surface area is 138 Å². The van der Waals surface area contributed by atoms with E-state index < -0.39 is 0 Å². The third-order valence-electron chi connectivity index (χ3n) is 4.32. The quantitative estimate of drug-likeness (QED) is 0.867. The van der Waals surface area contributed by atoms with Crippen molar-refractivity contribution in [2.24, 2.45) is 5.92 Å². The lowest BCUT2D eigenvalue weighted by Crippen LogP contribution is -2.55. The molecule has 0 unspecified atom stereocenters. The maximum Gasteiger partial charge on any atom is 0.254 e. The number of nitrogens with zero attached hydrogens (tertiary/aromatic N) is 2. The minimum absolute atomic E-state index is 0.0125. The number of piperazine rings is 1. The Morgan fingerprint density at radius 3 is 2.74 bits per heavy atom. The third-order valence-corrected chi connectivity index (χ3v) is 4.32. The van der Waals surface area contributed by atoms with E-state index in [2.05, 4.69) is 37.7 Å². The van der Waals surface area contributed by atoms with Crippen LogP contribution < -0.4 is 5.32 Å². The fourth-order valence-corrected chi connectivity index (χ4v) is 2.91. The first-order chi connectivity index (χ1) is 10.9. The maximum atomic E-state index is 12.8. The van der Waals surface area contributed by atoms with Gasteiger partial charge in [-0.25, -0.2) is 0 Å². The summed E-state index contributed by atoms with van der Waals surface area (Å²) in [6, 6.07) is 7.42. The summed E-state index contributed by atoms with van der Waals surface area (Å²) in [5, 5.41) is 2.69. The number of benzene rings is 1. The van der Waals surface area contributed by atoms with Crippen molar-refractivity contribution in [2.45, 2.75) is 19.9 Å². The molecule has 0 spiro atoms. The SMILES string of the molecule is C=CC(=O)Nc1cccc(C(=O)N2CCN(C)[C@@H](C(C)C)C2)c1. The van der Waals surface area contributed by atoms with Crippen LogP contribution in [0.4, 0.5) is 5.69 Å². The second-order valence-corrected chi connectivity index (χ2v) is 6.32. The van der Waals surface area contributed by atoms with Crippen molar-refractivity contribution in [1.29, 1.82) is 0 Å². The zero-order chi connectivity index (χ0) is 17.0. The van der Waals surface area contributed by atoms with Gasteiger partial charge in [-0.15, -0.1) is 0 Å². The number of anilines is 1. The fraction of sp³-hybridized carbons (Fsp3) is 0.444. The van der Waals surface area contributed by atoms with Gasteiger partial charge in [0, 0.05) is 36.9 Å². The van der Waals surface area contributed by atoms with Crippen LogP contribution in [0.2, 0.25) is 0 Å². The zero-order valence-electron chi connectivity index (χ0n) is 14.1. The van der Waals surface area contributed by atoms with Crippen molar-refractivity contribution < 1.29 is 9.59 Å². The maximum absolute atomic E-state index is 12.8. The number of amides is 2. The molecule has 2 amide bonds. The fourth-order valence-electron chi connectivity index (χ4n) is 2.91. The van der Waals surface area contributed by atoms with Gasteiger partial charge < -0.3 is 10.2 Å². The first kappa shape index (κ1) is 17.2. The van der Waals surface area contributed by atoms with E-state index in [0.717, 1.165) is 19.6 Å². The van der Waals surface area contributed by atoms with Gasteiger partial charge in [0.2, 0.25) is 5.91 Å². The molecule has 0 saturated carbocycles. The molecule has 1 aromatic carbocycles. The lowest BCUT2D eigenvalue weighted by Gasteiger charge is -2.41. The number of nitrogens with one attached hydrogen (secondary N) is 1. The van der Waals surface area contributed by atoms with Crippen molar-refractivity contribution in [1.82, 2.24) is 9.80 Å². The molecule has 2 rings (SSSR count). The molecule has 0 radical (unpaired) electrons.